The number of rotatable bonds is 13. The summed E-state index contributed by atoms with van der Waals surface area (Å²) in [5.41, 5.74) is 1.80. The maximum absolute atomic E-state index is 14.2. The number of methoxy groups -OCH3 is 1. The minimum absolute atomic E-state index is 0.00166. The number of carboxylic acid groups (broad SMARTS) is 1. The van der Waals surface area contributed by atoms with Gasteiger partial charge in [-0.25, -0.2) is 21.6 Å². The Morgan fingerprint density at radius 3 is 1.85 bits per heavy atom. The number of carbonyl (C=O) groups excluding carboxylic acids is 2. The van der Waals surface area contributed by atoms with E-state index < -0.39 is 43.9 Å². The van der Waals surface area contributed by atoms with Crippen molar-refractivity contribution in [2.45, 2.75) is 22.3 Å². The van der Waals surface area contributed by atoms with E-state index in [1.54, 1.807) is 43.5 Å². The van der Waals surface area contributed by atoms with Crippen molar-refractivity contribution in [2.24, 2.45) is 0 Å². The first-order valence-electron chi connectivity index (χ1n) is 17.4. The number of carbonyl (C=O) groups is 3. The fourth-order valence-electron chi connectivity index (χ4n) is 6.32. The first-order valence-corrected chi connectivity index (χ1v) is 20.2. The van der Waals surface area contributed by atoms with Gasteiger partial charge in [-0.2, -0.15) is 8.61 Å². The molecular formula is C38H40N4O11S2. The maximum Gasteiger partial charge on any atom is 0.335 e. The van der Waals surface area contributed by atoms with Crippen molar-refractivity contribution in [3.63, 3.8) is 0 Å². The number of amides is 2. The number of morpholine rings is 2. The fourth-order valence-corrected chi connectivity index (χ4v) is 9.44. The highest BCUT2D eigenvalue weighted by Crippen LogP contribution is 2.33. The van der Waals surface area contributed by atoms with E-state index >= 15 is 0 Å². The third-order valence-electron chi connectivity index (χ3n) is 9.23. The number of aromatic carboxylic acids is 1. The Morgan fingerprint density at radius 2 is 1.25 bits per heavy atom. The number of carboxylic acids is 1. The molecule has 15 nitrogen and oxygen atoms in total. The van der Waals surface area contributed by atoms with Crippen LogP contribution in [0.25, 0.3) is 0 Å². The molecule has 4 aromatic rings. The summed E-state index contributed by atoms with van der Waals surface area (Å²) in [4.78, 5) is 37.9. The smallest absolute Gasteiger partial charge is 0.335 e. The Bertz CT molecular complexity index is 2280. The zero-order valence-corrected chi connectivity index (χ0v) is 31.5. The summed E-state index contributed by atoms with van der Waals surface area (Å²) < 4.78 is 74.7. The van der Waals surface area contributed by atoms with E-state index in [4.69, 9.17) is 14.2 Å². The lowest BCUT2D eigenvalue weighted by Crippen LogP contribution is -2.42. The third kappa shape index (κ3) is 8.94. The molecule has 0 aromatic heterocycles. The molecule has 0 spiro atoms. The number of para-hydroxylation sites is 2. The number of sulfonamides is 2. The highest BCUT2D eigenvalue weighted by Gasteiger charge is 2.35. The fraction of sp³-hybridized carbons (Fsp3) is 0.289. The molecule has 6 rings (SSSR count). The summed E-state index contributed by atoms with van der Waals surface area (Å²) >= 11 is 0. The van der Waals surface area contributed by atoms with Crippen LogP contribution in [0.15, 0.2) is 101 Å². The van der Waals surface area contributed by atoms with Crippen molar-refractivity contribution in [3.05, 3.63) is 119 Å². The maximum atomic E-state index is 14.2. The summed E-state index contributed by atoms with van der Waals surface area (Å²) in [6, 6.07) is 22.3. The highest BCUT2D eigenvalue weighted by molar-refractivity contribution is 7.89. The average molecular weight is 793 g/mol. The molecule has 0 bridgehead atoms. The van der Waals surface area contributed by atoms with Crippen molar-refractivity contribution in [2.75, 3.05) is 70.3 Å². The summed E-state index contributed by atoms with van der Waals surface area (Å²) in [6.07, 6.45) is -0.366. The quantitative estimate of drug-likeness (QED) is 0.178. The molecule has 2 aliphatic heterocycles. The van der Waals surface area contributed by atoms with Gasteiger partial charge in [-0.1, -0.05) is 30.3 Å². The monoisotopic (exact) mass is 792 g/mol. The molecule has 2 saturated heterocycles. The number of ether oxygens (including phenoxy) is 3. The lowest BCUT2D eigenvalue weighted by Gasteiger charge is -2.34. The molecule has 1 unspecified atom stereocenters. The number of anilines is 2. The van der Waals surface area contributed by atoms with Gasteiger partial charge in [0.05, 0.1) is 49.5 Å². The number of benzene rings is 4. The molecule has 2 heterocycles. The van der Waals surface area contributed by atoms with Crippen LogP contribution in [-0.2, 0) is 40.7 Å². The second-order valence-electron chi connectivity index (χ2n) is 12.7. The molecular weight excluding hydrogens is 753 g/mol. The van der Waals surface area contributed by atoms with Gasteiger partial charge >= 0.3 is 5.97 Å². The van der Waals surface area contributed by atoms with Crippen molar-refractivity contribution in [3.8, 4) is 0 Å². The van der Waals surface area contributed by atoms with Crippen LogP contribution >= 0.6 is 0 Å². The first-order chi connectivity index (χ1) is 26.4. The Kier molecular flexibility index (Phi) is 12.4. The zero-order valence-electron chi connectivity index (χ0n) is 29.8. The van der Waals surface area contributed by atoms with E-state index in [1.165, 1.54) is 63.2 Å². The minimum Gasteiger partial charge on any atom is -0.478 e. The van der Waals surface area contributed by atoms with E-state index in [0.29, 0.717) is 18.6 Å². The van der Waals surface area contributed by atoms with Crippen LogP contribution in [0, 0.1) is 0 Å². The molecule has 2 amide bonds. The largest absolute Gasteiger partial charge is 0.478 e. The average Bonchev–Trinajstić information content (AvgIpc) is 3.20. The normalized spacial score (nSPS) is 17.0. The van der Waals surface area contributed by atoms with Gasteiger partial charge in [-0.15, -0.1) is 0 Å². The van der Waals surface area contributed by atoms with Crippen molar-refractivity contribution < 1.29 is 50.5 Å². The molecule has 2 fully saturated rings. The van der Waals surface area contributed by atoms with Gasteiger partial charge in [0, 0.05) is 44.4 Å². The number of hydrogen-bond acceptors (Lipinski definition) is 10. The number of nitrogens with one attached hydrogen (secondary N) is 2. The SMILES string of the molecule is COCCc1ccc(C(=O)Nc2ccccc2S(=O)(=O)N2CCOCC2)cc1C1CN(S(=O)(=O)c2ccccc2NC(=O)c2ccc(C(=O)O)cc2)CCO1. The second kappa shape index (κ2) is 17.2. The van der Waals surface area contributed by atoms with Gasteiger partial charge < -0.3 is 30.0 Å². The second-order valence-corrected chi connectivity index (χ2v) is 16.5. The summed E-state index contributed by atoms with van der Waals surface area (Å²) in [7, 11) is -6.60. The lowest BCUT2D eigenvalue weighted by molar-refractivity contribution is -0.00315. The molecule has 0 aliphatic carbocycles. The van der Waals surface area contributed by atoms with Crippen molar-refractivity contribution in [1.29, 1.82) is 0 Å². The van der Waals surface area contributed by atoms with Crippen LogP contribution in [0.5, 0.6) is 0 Å². The van der Waals surface area contributed by atoms with Gasteiger partial charge in [0.25, 0.3) is 11.8 Å². The molecule has 1 atom stereocenters. The highest BCUT2D eigenvalue weighted by atomic mass is 32.2. The molecule has 290 valence electrons. The molecule has 3 N–H and O–H groups in total. The van der Waals surface area contributed by atoms with Crippen LogP contribution in [-0.4, -0.2) is 108 Å². The summed E-state index contributed by atoms with van der Waals surface area (Å²) in [5.74, 6) is -2.35. The van der Waals surface area contributed by atoms with Crippen molar-refractivity contribution in [1.82, 2.24) is 8.61 Å². The lowest BCUT2D eigenvalue weighted by atomic mass is 9.96. The van der Waals surface area contributed by atoms with Crippen LogP contribution < -0.4 is 10.6 Å². The zero-order chi connectivity index (χ0) is 39.2. The first kappa shape index (κ1) is 39.7. The summed E-state index contributed by atoms with van der Waals surface area (Å²) in [6.45, 7) is 1.18. The van der Waals surface area contributed by atoms with E-state index in [9.17, 15) is 36.3 Å². The topological polar surface area (TPSA) is 198 Å². The van der Waals surface area contributed by atoms with E-state index in [1.807, 2.05) is 0 Å². The predicted octanol–water partition coefficient (Wildman–Crippen LogP) is 3.86. The van der Waals surface area contributed by atoms with Gasteiger partial charge in [-0.3, -0.25) is 9.59 Å². The van der Waals surface area contributed by atoms with E-state index in [-0.39, 0.29) is 83.9 Å². The summed E-state index contributed by atoms with van der Waals surface area (Å²) in [5, 5.41) is 14.6. The van der Waals surface area contributed by atoms with E-state index in [0.717, 1.165) is 5.56 Å². The van der Waals surface area contributed by atoms with E-state index in [2.05, 4.69) is 10.6 Å². The standard InChI is InChI=1S/C38H40N4O11S2/c1-51-20-16-26-10-15-29(37(44)40-31-6-2-4-8-34(31)54(47,48)41-17-21-52-22-18-41)24-30(26)33-25-42(19-23-53-33)55(49,50)35-9-5-3-7-32(35)39-36(43)27-11-13-28(14-12-27)38(45)46/h2-15,24,33H,16-23,25H2,1H3,(H,39,43)(H,40,44)(H,45,46). The van der Waals surface area contributed by atoms with Crippen molar-refractivity contribution >= 4 is 49.2 Å². The number of hydrogen-bond donors (Lipinski definition) is 3. The Balaban J connectivity index is 1.24. The van der Waals surface area contributed by atoms with Gasteiger partial charge in [0.1, 0.15) is 9.79 Å². The van der Waals surface area contributed by atoms with Gasteiger partial charge in [0.2, 0.25) is 20.0 Å². The predicted molar refractivity (Wildman–Crippen MR) is 201 cm³/mol. The molecule has 0 saturated carbocycles. The van der Waals surface area contributed by atoms with Gasteiger partial charge in [0.15, 0.2) is 0 Å². The molecule has 2 aliphatic rings. The van der Waals surface area contributed by atoms with Gasteiger partial charge in [-0.05, 0) is 78.2 Å². The van der Waals surface area contributed by atoms with Crippen LogP contribution in [0.4, 0.5) is 11.4 Å². The Hall–Kier alpha value is -5.01. The Labute approximate surface area is 318 Å². The van der Waals surface area contributed by atoms with Crippen LogP contribution in [0.3, 0.4) is 0 Å². The third-order valence-corrected chi connectivity index (χ3v) is 13.1. The van der Waals surface area contributed by atoms with Crippen LogP contribution in [0.1, 0.15) is 48.3 Å². The Morgan fingerprint density at radius 1 is 0.727 bits per heavy atom. The molecule has 4 aromatic carbocycles. The molecule has 17 heteroatoms. The molecule has 0 radical (unpaired) electrons. The van der Waals surface area contributed by atoms with Crippen LogP contribution in [0.2, 0.25) is 0 Å². The number of nitrogens with zero attached hydrogens (tertiary/aromatic N) is 2. The molecule has 55 heavy (non-hydrogen) atoms. The minimum atomic E-state index is -4.22.